The number of thioether (sulfide) groups is 1. The topological polar surface area (TPSA) is 107 Å². The molecular weight excluding hydrogens is 248 g/mol. The van der Waals surface area contributed by atoms with Crippen LogP contribution in [-0.2, 0) is 14.4 Å². The van der Waals surface area contributed by atoms with Crippen molar-refractivity contribution in [1.29, 1.82) is 0 Å². The fourth-order valence-corrected chi connectivity index (χ4v) is 3.24. The highest BCUT2D eigenvalue weighted by Gasteiger charge is 2.53. The molecule has 3 N–H and O–H groups in total. The number of aliphatic hydroxyl groups is 1. The highest BCUT2D eigenvalue weighted by Crippen LogP contribution is 2.39. The van der Waals surface area contributed by atoms with Crippen molar-refractivity contribution in [3.05, 3.63) is 11.3 Å². The number of amides is 2. The summed E-state index contributed by atoms with van der Waals surface area (Å²) in [6, 6.07) is -0.674. The van der Waals surface area contributed by atoms with Gasteiger partial charge in [0, 0.05) is 5.75 Å². The Kier molecular flexibility index (Phi) is 3.07. The molecule has 2 aliphatic heterocycles. The zero-order valence-electron chi connectivity index (χ0n) is 8.62. The van der Waals surface area contributed by atoms with E-state index in [4.69, 9.17) is 10.2 Å². The first-order chi connectivity index (χ1) is 8.11. The Bertz CT molecular complexity index is 422. The van der Waals surface area contributed by atoms with Crippen LogP contribution in [0.5, 0.6) is 0 Å². The van der Waals surface area contributed by atoms with E-state index in [1.807, 2.05) is 0 Å². The van der Waals surface area contributed by atoms with Crippen LogP contribution < -0.4 is 5.32 Å². The number of hydrogen-bond donors (Lipinski definition) is 3. The number of aliphatic carboxylic acids is 1. The van der Waals surface area contributed by atoms with E-state index in [1.165, 1.54) is 11.8 Å². The number of nitrogens with zero attached hydrogens (tertiary/aromatic N) is 1. The van der Waals surface area contributed by atoms with Crippen LogP contribution in [0.2, 0.25) is 0 Å². The maximum Gasteiger partial charge on any atom is 0.352 e. The zero-order chi connectivity index (χ0) is 12.6. The summed E-state index contributed by atoms with van der Waals surface area (Å²) in [7, 11) is 0. The van der Waals surface area contributed by atoms with Crippen molar-refractivity contribution in [2.24, 2.45) is 0 Å². The molecule has 0 unspecified atom stereocenters. The minimum Gasteiger partial charge on any atom is -0.477 e. The van der Waals surface area contributed by atoms with E-state index in [-0.39, 0.29) is 5.70 Å². The molecule has 0 radical (unpaired) electrons. The fraction of sp³-hybridized carbons (Fsp3) is 0.444. The lowest BCUT2D eigenvalue weighted by Crippen LogP contribution is -2.69. The Hall–Kier alpha value is -1.54. The molecule has 1 fully saturated rings. The van der Waals surface area contributed by atoms with Crippen molar-refractivity contribution in [1.82, 2.24) is 10.2 Å². The quantitative estimate of drug-likeness (QED) is 0.412. The number of β-lactam (4-membered cyclic amide) rings is 1. The van der Waals surface area contributed by atoms with Crippen LogP contribution in [0.4, 0.5) is 0 Å². The molecule has 0 spiro atoms. The van der Waals surface area contributed by atoms with Gasteiger partial charge in [0.1, 0.15) is 17.1 Å². The average molecular weight is 258 g/mol. The van der Waals surface area contributed by atoms with Crippen molar-refractivity contribution in [2.45, 2.75) is 11.4 Å². The van der Waals surface area contributed by atoms with Crippen LogP contribution >= 0.6 is 11.8 Å². The summed E-state index contributed by atoms with van der Waals surface area (Å²) in [5.41, 5.74) is 0.154. The number of carbonyl (C=O) groups is 3. The standard InChI is InChI=1S/C9H10N2O5S/c12-1-4-2-17-8-5(10-3-13)7(14)11(8)6(4)9(15)16/h3,5,8,12H,1-2H2,(H,10,13)(H,15,16)/t5-,8+/m1/s1. The van der Waals surface area contributed by atoms with Crippen LogP contribution in [-0.4, -0.2) is 57.2 Å². The molecule has 8 heteroatoms. The van der Waals surface area contributed by atoms with E-state index >= 15 is 0 Å². The summed E-state index contributed by atoms with van der Waals surface area (Å²) >= 11 is 1.32. The molecule has 2 heterocycles. The second-order valence-electron chi connectivity index (χ2n) is 3.59. The van der Waals surface area contributed by atoms with Crippen LogP contribution in [0.1, 0.15) is 0 Å². The molecule has 0 aliphatic carbocycles. The Morgan fingerprint density at radius 1 is 1.65 bits per heavy atom. The molecule has 2 atom stereocenters. The molecule has 0 aromatic carbocycles. The second kappa shape index (κ2) is 4.38. The molecule has 17 heavy (non-hydrogen) atoms. The third-order valence-electron chi connectivity index (χ3n) is 2.69. The molecule has 0 aromatic heterocycles. The summed E-state index contributed by atoms with van der Waals surface area (Å²) < 4.78 is 0. The third-order valence-corrected chi connectivity index (χ3v) is 4.03. The maximum absolute atomic E-state index is 11.7. The number of carboxylic acids is 1. The first-order valence-electron chi connectivity index (χ1n) is 4.82. The van der Waals surface area contributed by atoms with Gasteiger partial charge in [-0.3, -0.25) is 14.5 Å². The Labute approximate surface area is 100 Å². The van der Waals surface area contributed by atoms with E-state index in [0.717, 1.165) is 4.90 Å². The van der Waals surface area contributed by atoms with E-state index in [0.29, 0.717) is 17.7 Å². The van der Waals surface area contributed by atoms with Crippen molar-refractivity contribution in [2.75, 3.05) is 12.4 Å². The van der Waals surface area contributed by atoms with Crippen molar-refractivity contribution in [3.8, 4) is 0 Å². The largest absolute Gasteiger partial charge is 0.477 e. The van der Waals surface area contributed by atoms with Gasteiger partial charge in [-0.15, -0.1) is 11.8 Å². The summed E-state index contributed by atoms with van der Waals surface area (Å²) in [5.74, 6) is -1.36. The van der Waals surface area contributed by atoms with Crippen LogP contribution in [0, 0.1) is 0 Å². The van der Waals surface area contributed by atoms with Crippen molar-refractivity contribution >= 4 is 30.0 Å². The van der Waals surface area contributed by atoms with Gasteiger partial charge in [0.2, 0.25) is 6.41 Å². The fourth-order valence-electron chi connectivity index (χ4n) is 1.90. The summed E-state index contributed by atoms with van der Waals surface area (Å²) in [5, 5.41) is 20.0. The number of hydrogen-bond acceptors (Lipinski definition) is 5. The van der Waals surface area contributed by atoms with Gasteiger partial charge in [-0.05, 0) is 5.57 Å². The number of nitrogens with one attached hydrogen (secondary N) is 1. The van der Waals surface area contributed by atoms with Crippen LogP contribution in [0.15, 0.2) is 11.3 Å². The predicted molar refractivity (Wildman–Crippen MR) is 57.8 cm³/mol. The van der Waals surface area contributed by atoms with E-state index in [2.05, 4.69) is 5.32 Å². The summed E-state index contributed by atoms with van der Waals surface area (Å²) in [6.07, 6.45) is 0.423. The van der Waals surface area contributed by atoms with Gasteiger partial charge >= 0.3 is 5.97 Å². The second-order valence-corrected chi connectivity index (χ2v) is 4.69. The smallest absolute Gasteiger partial charge is 0.352 e. The minimum atomic E-state index is -1.24. The highest BCUT2D eigenvalue weighted by atomic mass is 32.2. The Balaban J connectivity index is 2.29. The van der Waals surface area contributed by atoms with Crippen molar-refractivity contribution < 1.29 is 24.6 Å². The lowest BCUT2D eigenvalue weighted by molar-refractivity contribution is -0.149. The van der Waals surface area contributed by atoms with E-state index in [9.17, 15) is 14.4 Å². The van der Waals surface area contributed by atoms with Gasteiger partial charge in [-0.25, -0.2) is 4.79 Å². The third kappa shape index (κ3) is 1.69. The number of rotatable bonds is 4. The van der Waals surface area contributed by atoms with Crippen LogP contribution in [0.3, 0.4) is 0 Å². The van der Waals surface area contributed by atoms with Gasteiger partial charge in [0.05, 0.1) is 6.61 Å². The Morgan fingerprint density at radius 3 is 2.88 bits per heavy atom. The molecule has 1 saturated heterocycles. The first-order valence-corrected chi connectivity index (χ1v) is 5.87. The normalized spacial score (nSPS) is 27.4. The lowest BCUT2D eigenvalue weighted by atomic mass is 10.0. The number of fused-ring (bicyclic) bond motifs is 1. The van der Waals surface area contributed by atoms with Crippen molar-refractivity contribution in [3.63, 3.8) is 0 Å². The van der Waals surface area contributed by atoms with E-state index < -0.39 is 29.9 Å². The molecule has 92 valence electrons. The van der Waals surface area contributed by atoms with Gasteiger partial charge in [0.25, 0.3) is 5.91 Å². The minimum absolute atomic E-state index is 0.162. The molecule has 0 bridgehead atoms. The summed E-state index contributed by atoms with van der Waals surface area (Å²) in [6.45, 7) is -0.392. The first kappa shape index (κ1) is 11.9. The Morgan fingerprint density at radius 2 is 2.35 bits per heavy atom. The molecule has 7 nitrogen and oxygen atoms in total. The molecular formula is C9H10N2O5S. The van der Waals surface area contributed by atoms with Gasteiger partial charge in [-0.1, -0.05) is 0 Å². The predicted octanol–water partition coefficient (Wildman–Crippen LogP) is -1.65. The van der Waals surface area contributed by atoms with Gasteiger partial charge in [-0.2, -0.15) is 0 Å². The van der Waals surface area contributed by atoms with E-state index in [1.54, 1.807) is 0 Å². The number of carbonyl (C=O) groups excluding carboxylic acids is 2. The zero-order valence-corrected chi connectivity index (χ0v) is 9.44. The lowest BCUT2D eigenvalue weighted by Gasteiger charge is -2.48. The maximum atomic E-state index is 11.7. The molecule has 0 aromatic rings. The molecule has 2 aliphatic rings. The molecule has 0 saturated carbocycles. The number of aliphatic hydroxyl groups excluding tert-OH is 1. The highest BCUT2D eigenvalue weighted by molar-refractivity contribution is 8.00. The average Bonchev–Trinajstić information content (AvgIpc) is 2.33. The van der Waals surface area contributed by atoms with Gasteiger partial charge in [0.15, 0.2) is 0 Å². The van der Waals surface area contributed by atoms with Gasteiger partial charge < -0.3 is 15.5 Å². The monoisotopic (exact) mass is 258 g/mol. The molecule has 2 amide bonds. The molecule has 2 rings (SSSR count). The summed E-state index contributed by atoms with van der Waals surface area (Å²) in [4.78, 5) is 34.2. The number of carboxylic acid groups (broad SMARTS) is 1. The SMILES string of the molecule is O=CN[C@@H]1C(=O)N2C(C(=O)O)=C(CO)CS[C@@H]12. The van der Waals surface area contributed by atoms with Crippen LogP contribution in [0.25, 0.3) is 0 Å².